The van der Waals surface area contributed by atoms with Gasteiger partial charge in [-0.05, 0) is 55.2 Å². The zero-order valence-corrected chi connectivity index (χ0v) is 38.9. The number of aromatic nitrogens is 7. The number of carbonyl (C=O) groups is 2. The Hall–Kier alpha value is -5.74. The number of nitrogens with zero attached hydrogens (tertiary/aromatic N) is 9. The van der Waals surface area contributed by atoms with Crippen LogP contribution in [0.4, 0.5) is 5.69 Å². The smallest absolute Gasteiger partial charge is 0.349 e. The van der Waals surface area contributed by atoms with Crippen LogP contribution < -0.4 is 27.8 Å². The number of ether oxygens (including phenoxy) is 1. The maximum absolute atomic E-state index is 12.2. The first-order chi connectivity index (χ1) is 29.7. The fourth-order valence-corrected chi connectivity index (χ4v) is 8.34. The van der Waals surface area contributed by atoms with E-state index in [9.17, 15) is 28.8 Å². The van der Waals surface area contributed by atoms with Crippen LogP contribution in [-0.4, -0.2) is 58.4 Å². The zero-order valence-electron chi connectivity index (χ0n) is 34.2. The second-order valence-corrected chi connectivity index (χ2v) is 17.2. The molecular formula is C39H35Cl4N11O7S2. The van der Waals surface area contributed by atoms with Gasteiger partial charge in [0, 0.05) is 25.2 Å². The first kappa shape index (κ1) is 49.9. The summed E-state index contributed by atoms with van der Waals surface area (Å²) in [6, 6.07) is 12.5. The molecule has 18 nitrogen and oxygen atoms in total. The molecule has 0 atom stereocenters. The molecule has 0 aliphatic carbocycles. The summed E-state index contributed by atoms with van der Waals surface area (Å²) in [5, 5.41) is 36.1. The van der Waals surface area contributed by atoms with E-state index in [4.69, 9.17) is 61.7 Å². The molecule has 0 unspecified atom stereocenters. The molecule has 0 radical (unpaired) electrons. The molecule has 0 saturated heterocycles. The van der Waals surface area contributed by atoms with Crippen LogP contribution in [0.5, 0.6) is 0 Å². The van der Waals surface area contributed by atoms with Gasteiger partial charge in [-0.2, -0.15) is 30.5 Å². The summed E-state index contributed by atoms with van der Waals surface area (Å²) in [5.74, 6) is -1.51. The second kappa shape index (κ2) is 22.1. The average Bonchev–Trinajstić information content (AvgIpc) is 3.20. The topological polar surface area (TPSA) is 253 Å². The highest BCUT2D eigenvalue weighted by atomic mass is 35.5. The van der Waals surface area contributed by atoms with Crippen molar-refractivity contribution in [3.8, 4) is 17.8 Å². The number of benzene rings is 2. The van der Waals surface area contributed by atoms with Gasteiger partial charge in [0.1, 0.15) is 28.6 Å². The number of Topliss-reactive ketones (excluding diaryl/α,β-unsaturated/α-hetero) is 1. The summed E-state index contributed by atoms with van der Waals surface area (Å²) >= 11 is 27.9. The summed E-state index contributed by atoms with van der Waals surface area (Å²) in [7, 11) is 3.13. The molecule has 63 heavy (non-hydrogen) atoms. The molecule has 5 aromatic rings. The Kier molecular flexibility index (Phi) is 17.5. The van der Waals surface area contributed by atoms with Crippen molar-refractivity contribution in [2.24, 2.45) is 19.2 Å². The van der Waals surface area contributed by atoms with Crippen molar-refractivity contribution in [2.75, 3.05) is 12.0 Å². The summed E-state index contributed by atoms with van der Waals surface area (Å²) in [4.78, 5) is 74.5. The Morgan fingerprint density at radius 3 is 1.71 bits per heavy atom. The number of carbonyl (C=O) groups excluding carboxylic acids is 2. The average molecular weight is 976 g/mol. The van der Waals surface area contributed by atoms with Crippen LogP contribution in [0.2, 0.25) is 20.1 Å². The highest BCUT2D eigenvalue weighted by Crippen LogP contribution is 2.41. The van der Waals surface area contributed by atoms with Crippen LogP contribution in [-0.2, 0) is 28.4 Å². The number of H-pyrrole nitrogens is 1. The lowest BCUT2D eigenvalue weighted by atomic mass is 10.1. The number of nitrogens with one attached hydrogen (secondary N) is 2. The molecule has 0 bridgehead atoms. The van der Waals surface area contributed by atoms with Crippen LogP contribution in [0.1, 0.15) is 69.7 Å². The highest BCUT2D eigenvalue weighted by molar-refractivity contribution is 7.99. The second-order valence-electron chi connectivity index (χ2n) is 13.5. The van der Waals surface area contributed by atoms with E-state index < -0.39 is 40.8 Å². The number of hydrogen-bond donors (Lipinski definition) is 2. The standard InChI is InChI=1S/C21H21Cl2N5O4S.C18H14Cl2N6O3S/c1-5-32-19(30)9-17(29)16(10-24)26-25-12-6-14(22)20(15(23)7-12)33-18-8-13(11(2)3)21(31)28(4)27-18;1-8(2)10-6-14(24-25(3)17(10)28)30-15-11(19)4-9(5-12(15)20)26-18(29)22-16(27)13(7-21)23-26/h6-8,11,25H,5,9H2,1-4H3;4-6,8H,1-3H3,(H,22,27,29)/b26-16-;. The number of ketones is 1. The van der Waals surface area contributed by atoms with Gasteiger partial charge in [-0.1, -0.05) is 97.6 Å². The van der Waals surface area contributed by atoms with Gasteiger partial charge in [0.25, 0.3) is 16.7 Å². The van der Waals surface area contributed by atoms with Gasteiger partial charge in [0.15, 0.2) is 0 Å². The Bertz CT molecular complexity index is 2920. The van der Waals surface area contributed by atoms with Crippen LogP contribution in [0.3, 0.4) is 0 Å². The van der Waals surface area contributed by atoms with E-state index in [1.54, 1.807) is 45.3 Å². The zero-order chi connectivity index (χ0) is 46.9. The lowest BCUT2D eigenvalue weighted by Crippen LogP contribution is -2.33. The third-order valence-corrected chi connectivity index (χ3v) is 12.0. The molecule has 3 aromatic heterocycles. The van der Waals surface area contributed by atoms with Crippen molar-refractivity contribution in [3.05, 3.63) is 115 Å². The maximum Gasteiger partial charge on any atom is 0.349 e. The Labute approximate surface area is 386 Å². The van der Waals surface area contributed by atoms with Gasteiger partial charge in [-0.15, -0.1) is 5.10 Å². The number of aryl methyl sites for hydroxylation is 2. The largest absolute Gasteiger partial charge is 0.466 e. The molecule has 2 N–H and O–H groups in total. The molecule has 0 spiro atoms. The van der Waals surface area contributed by atoms with Gasteiger partial charge >= 0.3 is 11.7 Å². The van der Waals surface area contributed by atoms with Crippen molar-refractivity contribution >= 4 is 93.1 Å². The Balaban J connectivity index is 0.000000278. The number of rotatable bonds is 13. The van der Waals surface area contributed by atoms with Crippen molar-refractivity contribution in [1.82, 2.24) is 34.3 Å². The van der Waals surface area contributed by atoms with Crippen molar-refractivity contribution in [2.45, 2.75) is 72.7 Å². The lowest BCUT2D eigenvalue weighted by Gasteiger charge is -2.12. The van der Waals surface area contributed by atoms with Crippen LogP contribution >= 0.6 is 69.9 Å². The van der Waals surface area contributed by atoms with E-state index in [0.29, 0.717) is 36.7 Å². The fourth-order valence-electron chi connectivity index (χ4n) is 5.18. The van der Waals surface area contributed by atoms with E-state index in [-0.39, 0.29) is 55.3 Å². The molecule has 5 rings (SSSR count). The normalized spacial score (nSPS) is 11.1. The summed E-state index contributed by atoms with van der Waals surface area (Å²) in [5.41, 5.74) is 1.21. The monoisotopic (exact) mass is 973 g/mol. The van der Waals surface area contributed by atoms with Crippen LogP contribution in [0.25, 0.3) is 5.69 Å². The van der Waals surface area contributed by atoms with Gasteiger partial charge in [0.2, 0.25) is 17.2 Å². The first-order valence-corrected chi connectivity index (χ1v) is 21.4. The summed E-state index contributed by atoms with van der Waals surface area (Å²) < 4.78 is 8.03. The molecule has 0 amide bonds. The number of nitriles is 2. The molecule has 0 fully saturated rings. The predicted molar refractivity (Wildman–Crippen MR) is 240 cm³/mol. The van der Waals surface area contributed by atoms with E-state index in [1.807, 2.05) is 32.7 Å². The van der Waals surface area contributed by atoms with E-state index >= 15 is 0 Å². The van der Waals surface area contributed by atoms with Gasteiger partial charge in [0.05, 0.1) is 47.9 Å². The van der Waals surface area contributed by atoms with Gasteiger partial charge in [-0.25, -0.2) is 14.2 Å². The Morgan fingerprint density at radius 2 is 1.29 bits per heavy atom. The Morgan fingerprint density at radius 1 is 0.810 bits per heavy atom. The molecule has 2 aromatic carbocycles. The maximum atomic E-state index is 12.2. The molecule has 328 valence electrons. The summed E-state index contributed by atoms with van der Waals surface area (Å²) in [6.45, 7) is 9.38. The molecule has 3 heterocycles. The molecule has 24 heteroatoms. The number of esters is 1. The highest BCUT2D eigenvalue weighted by Gasteiger charge is 2.20. The van der Waals surface area contributed by atoms with Crippen molar-refractivity contribution in [1.29, 1.82) is 10.5 Å². The number of halogens is 4. The number of hydrazone groups is 1. The predicted octanol–water partition coefficient (Wildman–Crippen LogP) is 6.64. The van der Waals surface area contributed by atoms with Crippen molar-refractivity contribution in [3.63, 3.8) is 0 Å². The number of aromatic amines is 1. The minimum Gasteiger partial charge on any atom is -0.466 e. The lowest BCUT2D eigenvalue weighted by molar-refractivity contribution is -0.144. The SMILES string of the molecule is CC(C)c1cc(Sc2c(Cl)cc(-n3nc(C#N)c(=O)[nH]c3=O)cc2Cl)nn(C)c1=O.CCOC(=O)CC(=O)/C(C#N)=N\Nc1cc(Cl)c(Sc2cc(C(C)C)c(=O)n(C)n2)c(Cl)c1. The number of hydrogen-bond acceptors (Lipinski definition) is 16. The fraction of sp³-hybridized carbons (Fsp3) is 0.282. The van der Waals surface area contributed by atoms with Crippen LogP contribution in [0.15, 0.2) is 80.5 Å². The third-order valence-electron chi connectivity index (χ3n) is 8.23. The van der Waals surface area contributed by atoms with Crippen molar-refractivity contribution < 1.29 is 14.3 Å². The minimum atomic E-state index is -0.884. The molecule has 0 aliphatic heterocycles. The number of anilines is 1. The molecule has 0 aliphatic rings. The molecular weight excluding hydrogens is 940 g/mol. The third kappa shape index (κ3) is 12.7. The first-order valence-electron chi connectivity index (χ1n) is 18.3. The van der Waals surface area contributed by atoms with E-state index in [1.165, 1.54) is 45.4 Å². The van der Waals surface area contributed by atoms with E-state index in [2.05, 4.69) is 25.8 Å². The minimum absolute atomic E-state index is 0.00638. The summed E-state index contributed by atoms with van der Waals surface area (Å²) in [6.07, 6.45) is -0.593. The van der Waals surface area contributed by atoms with Gasteiger partial charge < -0.3 is 4.74 Å². The quantitative estimate of drug-likeness (QED) is 0.0543. The van der Waals surface area contributed by atoms with E-state index in [0.717, 1.165) is 16.4 Å². The van der Waals surface area contributed by atoms with Crippen LogP contribution in [0, 0.1) is 22.7 Å². The molecule has 0 saturated carbocycles. The van der Waals surface area contributed by atoms with Gasteiger partial charge in [-0.3, -0.25) is 34.4 Å².